The van der Waals surface area contributed by atoms with Crippen molar-refractivity contribution in [3.8, 4) is 0 Å². The zero-order valence-corrected chi connectivity index (χ0v) is 14.1. The standard InChI is InChI=1S/C17H35N3.H2/c1-14(2)18-17-7-9-19(10-8-17)13-16-5-11-20(12-6-16)15(3)4;/h14-18H,5-13H2,1-4H3;1H. The van der Waals surface area contributed by atoms with E-state index in [1.54, 1.807) is 0 Å². The van der Waals surface area contributed by atoms with Crippen LogP contribution in [0.4, 0.5) is 0 Å². The number of piperidine rings is 2. The van der Waals surface area contributed by atoms with Gasteiger partial charge in [-0.1, -0.05) is 13.8 Å². The SMILES string of the molecule is CC(C)NC1CCN(CC2CCN(C(C)C)CC2)CC1.[HH]. The van der Waals surface area contributed by atoms with E-state index in [2.05, 4.69) is 42.8 Å². The van der Waals surface area contributed by atoms with Crippen molar-refractivity contribution in [1.29, 1.82) is 0 Å². The Hall–Kier alpha value is -0.120. The second-order valence-electron chi connectivity index (χ2n) is 7.47. The Morgan fingerprint density at radius 3 is 2.05 bits per heavy atom. The molecule has 0 aromatic carbocycles. The summed E-state index contributed by atoms with van der Waals surface area (Å²) < 4.78 is 0. The fourth-order valence-electron chi connectivity index (χ4n) is 3.77. The van der Waals surface area contributed by atoms with Gasteiger partial charge in [0.15, 0.2) is 0 Å². The van der Waals surface area contributed by atoms with E-state index < -0.39 is 0 Å². The maximum Gasteiger partial charge on any atom is 0.00937 e. The largest absolute Gasteiger partial charge is 0.312 e. The lowest BCUT2D eigenvalue weighted by Gasteiger charge is -2.39. The average molecular weight is 284 g/mol. The summed E-state index contributed by atoms with van der Waals surface area (Å²) in [6.07, 6.45) is 5.48. The molecule has 0 bridgehead atoms. The van der Waals surface area contributed by atoms with E-state index in [1.807, 2.05) is 0 Å². The van der Waals surface area contributed by atoms with Crippen LogP contribution in [0.25, 0.3) is 0 Å². The normalized spacial score (nSPS) is 24.9. The van der Waals surface area contributed by atoms with Crippen LogP contribution in [0.2, 0.25) is 0 Å². The van der Waals surface area contributed by atoms with Crippen molar-refractivity contribution in [3.63, 3.8) is 0 Å². The molecule has 3 nitrogen and oxygen atoms in total. The van der Waals surface area contributed by atoms with Gasteiger partial charge in [0.25, 0.3) is 0 Å². The van der Waals surface area contributed by atoms with Gasteiger partial charge in [-0.15, -0.1) is 0 Å². The first kappa shape index (κ1) is 16.3. The Morgan fingerprint density at radius 1 is 0.950 bits per heavy atom. The number of hydrogen-bond donors (Lipinski definition) is 1. The van der Waals surface area contributed by atoms with E-state index in [0.29, 0.717) is 6.04 Å². The first-order valence-corrected chi connectivity index (χ1v) is 8.77. The van der Waals surface area contributed by atoms with Gasteiger partial charge in [0.1, 0.15) is 0 Å². The molecule has 2 heterocycles. The van der Waals surface area contributed by atoms with Crippen molar-refractivity contribution in [2.45, 2.75) is 71.5 Å². The highest BCUT2D eigenvalue weighted by molar-refractivity contribution is 4.82. The summed E-state index contributed by atoms with van der Waals surface area (Å²) in [4.78, 5) is 5.35. The summed E-state index contributed by atoms with van der Waals surface area (Å²) in [6, 6.07) is 2.12. The topological polar surface area (TPSA) is 18.5 Å². The van der Waals surface area contributed by atoms with Crippen molar-refractivity contribution < 1.29 is 1.43 Å². The Labute approximate surface area is 127 Å². The van der Waals surface area contributed by atoms with Crippen molar-refractivity contribution in [1.82, 2.24) is 15.1 Å². The molecule has 0 aromatic heterocycles. The molecule has 2 saturated heterocycles. The molecular weight excluding hydrogens is 246 g/mol. The van der Waals surface area contributed by atoms with Crippen LogP contribution in [0.5, 0.6) is 0 Å². The molecule has 0 amide bonds. The monoisotopic (exact) mass is 283 g/mol. The molecule has 0 unspecified atom stereocenters. The summed E-state index contributed by atoms with van der Waals surface area (Å²) >= 11 is 0. The van der Waals surface area contributed by atoms with Gasteiger partial charge < -0.3 is 15.1 Å². The van der Waals surface area contributed by atoms with Crippen LogP contribution in [0.3, 0.4) is 0 Å². The molecular formula is C17H37N3. The van der Waals surface area contributed by atoms with Crippen LogP contribution >= 0.6 is 0 Å². The first-order valence-electron chi connectivity index (χ1n) is 8.77. The number of hydrogen-bond acceptors (Lipinski definition) is 3. The van der Waals surface area contributed by atoms with E-state index >= 15 is 0 Å². The lowest BCUT2D eigenvalue weighted by atomic mass is 9.94. The van der Waals surface area contributed by atoms with Gasteiger partial charge in [-0.3, -0.25) is 0 Å². The van der Waals surface area contributed by atoms with Gasteiger partial charge in [0.05, 0.1) is 0 Å². The lowest BCUT2D eigenvalue weighted by molar-refractivity contribution is 0.107. The third-order valence-electron chi connectivity index (χ3n) is 5.05. The second-order valence-corrected chi connectivity index (χ2v) is 7.47. The predicted octanol–water partition coefficient (Wildman–Crippen LogP) is 2.82. The third kappa shape index (κ3) is 5.01. The Morgan fingerprint density at radius 2 is 1.55 bits per heavy atom. The molecule has 20 heavy (non-hydrogen) atoms. The zero-order valence-electron chi connectivity index (χ0n) is 14.1. The van der Waals surface area contributed by atoms with Crippen LogP contribution < -0.4 is 5.32 Å². The Bertz CT molecular complexity index is 267. The van der Waals surface area contributed by atoms with Crippen LogP contribution in [0.15, 0.2) is 0 Å². The molecule has 2 fully saturated rings. The van der Waals surface area contributed by atoms with E-state index in [4.69, 9.17) is 0 Å². The fraction of sp³-hybridized carbons (Fsp3) is 1.00. The van der Waals surface area contributed by atoms with Gasteiger partial charge in [0, 0.05) is 26.1 Å². The number of likely N-dealkylation sites (tertiary alicyclic amines) is 2. The average Bonchev–Trinajstić information content (AvgIpc) is 2.41. The molecule has 2 rings (SSSR count). The smallest absolute Gasteiger partial charge is 0.00937 e. The minimum Gasteiger partial charge on any atom is -0.312 e. The molecule has 3 heteroatoms. The molecule has 1 N–H and O–H groups in total. The van der Waals surface area contributed by atoms with Gasteiger partial charge in [0.2, 0.25) is 0 Å². The predicted molar refractivity (Wildman–Crippen MR) is 89.3 cm³/mol. The van der Waals surface area contributed by atoms with Crippen LogP contribution in [0.1, 0.15) is 54.8 Å². The quantitative estimate of drug-likeness (QED) is 0.837. The van der Waals surface area contributed by atoms with E-state index in [0.717, 1.165) is 18.0 Å². The number of nitrogens with one attached hydrogen (secondary N) is 1. The molecule has 2 aliphatic rings. The zero-order chi connectivity index (χ0) is 14.5. The van der Waals surface area contributed by atoms with Crippen LogP contribution in [-0.2, 0) is 0 Å². The van der Waals surface area contributed by atoms with Gasteiger partial charge in [-0.05, 0) is 71.6 Å². The molecule has 2 aliphatic heterocycles. The summed E-state index contributed by atoms with van der Waals surface area (Å²) in [5.41, 5.74) is 0. The summed E-state index contributed by atoms with van der Waals surface area (Å²) in [5, 5.41) is 3.69. The molecule has 0 aliphatic carbocycles. The molecule has 0 radical (unpaired) electrons. The van der Waals surface area contributed by atoms with E-state index in [1.165, 1.54) is 58.4 Å². The van der Waals surface area contributed by atoms with Gasteiger partial charge in [-0.25, -0.2) is 0 Å². The first-order chi connectivity index (χ1) is 9.54. The Balaban J connectivity index is 0.00000220. The highest BCUT2D eigenvalue weighted by atomic mass is 15.2. The van der Waals surface area contributed by atoms with Crippen LogP contribution in [-0.4, -0.2) is 60.6 Å². The highest BCUT2D eigenvalue weighted by Crippen LogP contribution is 2.21. The molecule has 0 saturated carbocycles. The van der Waals surface area contributed by atoms with E-state index in [9.17, 15) is 0 Å². The second kappa shape index (κ2) is 7.77. The van der Waals surface area contributed by atoms with E-state index in [-0.39, 0.29) is 1.43 Å². The van der Waals surface area contributed by atoms with Gasteiger partial charge >= 0.3 is 0 Å². The summed E-state index contributed by atoms with van der Waals surface area (Å²) in [5.74, 6) is 0.944. The summed E-state index contributed by atoms with van der Waals surface area (Å²) in [6.45, 7) is 15.7. The minimum absolute atomic E-state index is 0. The highest BCUT2D eigenvalue weighted by Gasteiger charge is 2.25. The molecule has 0 atom stereocenters. The van der Waals surface area contributed by atoms with Crippen molar-refractivity contribution >= 4 is 0 Å². The van der Waals surface area contributed by atoms with Crippen molar-refractivity contribution in [2.24, 2.45) is 5.92 Å². The van der Waals surface area contributed by atoms with Crippen LogP contribution in [0, 0.1) is 5.92 Å². The maximum atomic E-state index is 3.69. The maximum absolute atomic E-state index is 3.69. The minimum atomic E-state index is 0. The number of nitrogens with zero attached hydrogens (tertiary/aromatic N) is 2. The van der Waals surface area contributed by atoms with Crippen molar-refractivity contribution in [3.05, 3.63) is 0 Å². The molecule has 0 aromatic rings. The third-order valence-corrected chi connectivity index (χ3v) is 5.05. The van der Waals surface area contributed by atoms with Crippen molar-refractivity contribution in [2.75, 3.05) is 32.7 Å². The summed E-state index contributed by atoms with van der Waals surface area (Å²) in [7, 11) is 0. The van der Waals surface area contributed by atoms with Gasteiger partial charge in [-0.2, -0.15) is 0 Å². The number of rotatable bonds is 5. The molecule has 0 spiro atoms. The fourth-order valence-corrected chi connectivity index (χ4v) is 3.77. The lowest BCUT2D eigenvalue weighted by Crippen LogP contribution is -2.47. The molecule has 120 valence electrons. The Kier molecular flexibility index (Phi) is 6.31.